The minimum atomic E-state index is 0.613. The number of para-hydroxylation sites is 2. The second-order valence-corrected chi connectivity index (χ2v) is 9.86. The second-order valence-electron chi connectivity index (χ2n) is 9.86. The van der Waals surface area contributed by atoms with Crippen LogP contribution in [-0.4, -0.2) is 9.97 Å². The molecule has 0 atom stereocenters. The van der Waals surface area contributed by atoms with E-state index in [1.807, 2.05) is 66.7 Å². The Bertz CT molecular complexity index is 2120. The van der Waals surface area contributed by atoms with Crippen molar-refractivity contribution >= 4 is 32.9 Å². The maximum absolute atomic E-state index is 6.21. The summed E-state index contributed by atoms with van der Waals surface area (Å²) in [6.07, 6.45) is 0. The predicted molar refractivity (Wildman–Crippen MR) is 161 cm³/mol. The predicted octanol–water partition coefficient (Wildman–Crippen LogP) is 9.79. The smallest absolute Gasteiger partial charge is 0.160 e. The van der Waals surface area contributed by atoms with Crippen LogP contribution in [0.4, 0.5) is 0 Å². The standard InChI is InChI=1S/C36H22N2O2/c1-2-8-23(9-3-1)24-14-16-25(17-15-24)30-22-31(35-20-26-10-4-6-12-32(26)39-35)38-36(37-30)27-18-19-29-28-11-5-7-13-33(28)40-34(29)21-27/h1-22H. The maximum Gasteiger partial charge on any atom is 0.160 e. The Morgan fingerprint density at radius 2 is 1.05 bits per heavy atom. The molecule has 0 fully saturated rings. The number of fused-ring (bicyclic) bond motifs is 4. The van der Waals surface area contributed by atoms with Gasteiger partial charge in [0.25, 0.3) is 0 Å². The van der Waals surface area contributed by atoms with E-state index >= 15 is 0 Å². The highest BCUT2D eigenvalue weighted by Crippen LogP contribution is 2.34. The van der Waals surface area contributed by atoms with Gasteiger partial charge in [-0.05, 0) is 47.5 Å². The molecule has 3 heterocycles. The van der Waals surface area contributed by atoms with Gasteiger partial charge in [0.15, 0.2) is 11.6 Å². The summed E-state index contributed by atoms with van der Waals surface area (Å²) in [5, 5.41) is 3.21. The van der Waals surface area contributed by atoms with Crippen LogP contribution in [0, 0.1) is 0 Å². The summed E-state index contributed by atoms with van der Waals surface area (Å²) >= 11 is 0. The summed E-state index contributed by atoms with van der Waals surface area (Å²) in [5.41, 5.74) is 8.28. The van der Waals surface area contributed by atoms with Gasteiger partial charge in [0, 0.05) is 27.3 Å². The largest absolute Gasteiger partial charge is 0.456 e. The minimum absolute atomic E-state index is 0.613. The van der Waals surface area contributed by atoms with E-state index in [0.717, 1.165) is 61.0 Å². The van der Waals surface area contributed by atoms with Gasteiger partial charge < -0.3 is 8.83 Å². The summed E-state index contributed by atoms with van der Waals surface area (Å²) < 4.78 is 12.4. The Balaban J connectivity index is 1.28. The summed E-state index contributed by atoms with van der Waals surface area (Å²) in [6, 6.07) is 45.1. The van der Waals surface area contributed by atoms with Crippen LogP contribution >= 0.6 is 0 Å². The molecule has 40 heavy (non-hydrogen) atoms. The average Bonchev–Trinajstić information content (AvgIpc) is 3.63. The lowest BCUT2D eigenvalue weighted by atomic mass is 10.0. The van der Waals surface area contributed by atoms with Crippen molar-refractivity contribution in [3.8, 4) is 45.2 Å². The van der Waals surface area contributed by atoms with Gasteiger partial charge in [-0.15, -0.1) is 0 Å². The lowest BCUT2D eigenvalue weighted by molar-refractivity contribution is 0.628. The molecule has 0 N–H and O–H groups in total. The van der Waals surface area contributed by atoms with Gasteiger partial charge in [0.05, 0.1) is 5.69 Å². The first-order valence-electron chi connectivity index (χ1n) is 13.2. The van der Waals surface area contributed by atoms with Gasteiger partial charge in [0.2, 0.25) is 0 Å². The first kappa shape index (κ1) is 22.5. The molecule has 4 heteroatoms. The number of hydrogen-bond donors (Lipinski definition) is 0. The molecule has 188 valence electrons. The Morgan fingerprint density at radius 3 is 1.90 bits per heavy atom. The third-order valence-electron chi connectivity index (χ3n) is 7.33. The van der Waals surface area contributed by atoms with Gasteiger partial charge in [-0.25, -0.2) is 9.97 Å². The number of aromatic nitrogens is 2. The van der Waals surface area contributed by atoms with Crippen LogP contribution < -0.4 is 0 Å². The molecule has 0 unspecified atom stereocenters. The maximum atomic E-state index is 6.21. The number of hydrogen-bond acceptors (Lipinski definition) is 4. The van der Waals surface area contributed by atoms with Gasteiger partial charge >= 0.3 is 0 Å². The minimum Gasteiger partial charge on any atom is -0.456 e. The second kappa shape index (κ2) is 9.07. The van der Waals surface area contributed by atoms with Crippen LogP contribution in [0.25, 0.3) is 78.1 Å². The summed E-state index contributed by atoms with van der Waals surface area (Å²) in [6.45, 7) is 0. The van der Waals surface area contributed by atoms with E-state index in [4.69, 9.17) is 18.8 Å². The summed E-state index contributed by atoms with van der Waals surface area (Å²) in [4.78, 5) is 10.00. The van der Waals surface area contributed by atoms with Crippen molar-refractivity contribution in [1.29, 1.82) is 0 Å². The third-order valence-corrected chi connectivity index (χ3v) is 7.33. The number of nitrogens with zero attached hydrogens (tertiary/aromatic N) is 2. The molecular formula is C36H22N2O2. The van der Waals surface area contributed by atoms with Gasteiger partial charge in [-0.2, -0.15) is 0 Å². The Kier molecular flexibility index (Phi) is 5.10. The first-order chi connectivity index (χ1) is 19.8. The highest BCUT2D eigenvalue weighted by Gasteiger charge is 2.15. The third kappa shape index (κ3) is 3.86. The van der Waals surface area contributed by atoms with E-state index in [0.29, 0.717) is 11.6 Å². The van der Waals surface area contributed by atoms with Gasteiger partial charge in [-0.3, -0.25) is 0 Å². The van der Waals surface area contributed by atoms with Crippen LogP contribution in [0.1, 0.15) is 0 Å². The first-order valence-corrected chi connectivity index (χ1v) is 13.2. The van der Waals surface area contributed by atoms with E-state index < -0.39 is 0 Å². The SMILES string of the molecule is c1ccc(-c2ccc(-c3cc(-c4cc5ccccc5o4)nc(-c4ccc5c(c4)oc4ccccc45)n3)cc2)cc1. The fraction of sp³-hybridized carbons (Fsp3) is 0. The molecule has 4 nitrogen and oxygen atoms in total. The molecule has 0 saturated carbocycles. The monoisotopic (exact) mass is 514 g/mol. The normalized spacial score (nSPS) is 11.5. The molecule has 0 aliphatic rings. The van der Waals surface area contributed by atoms with Gasteiger partial charge in [0.1, 0.15) is 22.4 Å². The van der Waals surface area contributed by atoms with Gasteiger partial charge in [-0.1, -0.05) is 97.1 Å². The van der Waals surface area contributed by atoms with E-state index in [-0.39, 0.29) is 0 Å². The number of rotatable bonds is 4. The zero-order valence-electron chi connectivity index (χ0n) is 21.4. The summed E-state index contributed by atoms with van der Waals surface area (Å²) in [7, 11) is 0. The van der Waals surface area contributed by atoms with E-state index in [2.05, 4.69) is 66.7 Å². The molecule has 5 aromatic carbocycles. The molecule has 0 saturated heterocycles. The van der Waals surface area contributed by atoms with Crippen molar-refractivity contribution in [1.82, 2.24) is 9.97 Å². The van der Waals surface area contributed by atoms with Crippen LogP contribution in [-0.2, 0) is 0 Å². The van der Waals surface area contributed by atoms with Crippen molar-refractivity contribution in [2.45, 2.75) is 0 Å². The summed E-state index contributed by atoms with van der Waals surface area (Å²) in [5.74, 6) is 1.32. The zero-order valence-corrected chi connectivity index (χ0v) is 21.4. The quantitative estimate of drug-likeness (QED) is 0.234. The van der Waals surface area contributed by atoms with Crippen LogP contribution in [0.5, 0.6) is 0 Å². The lowest BCUT2D eigenvalue weighted by Gasteiger charge is -2.09. The average molecular weight is 515 g/mol. The van der Waals surface area contributed by atoms with Crippen molar-refractivity contribution in [2.24, 2.45) is 0 Å². The van der Waals surface area contributed by atoms with Crippen molar-refractivity contribution in [3.05, 3.63) is 133 Å². The number of benzene rings is 5. The molecule has 0 aliphatic carbocycles. The fourth-order valence-electron chi connectivity index (χ4n) is 5.29. The molecule has 0 bridgehead atoms. The molecule has 8 rings (SSSR count). The van der Waals surface area contributed by atoms with Crippen LogP contribution in [0.3, 0.4) is 0 Å². The van der Waals surface area contributed by atoms with Crippen LogP contribution in [0.2, 0.25) is 0 Å². The number of furan rings is 2. The Labute approximate surface area is 230 Å². The topological polar surface area (TPSA) is 52.1 Å². The molecular weight excluding hydrogens is 492 g/mol. The van der Waals surface area contributed by atoms with E-state index in [1.54, 1.807) is 0 Å². The highest BCUT2D eigenvalue weighted by molar-refractivity contribution is 6.05. The Hall–Kier alpha value is -5.48. The van der Waals surface area contributed by atoms with Crippen LogP contribution in [0.15, 0.2) is 142 Å². The molecule has 8 aromatic rings. The molecule has 0 spiro atoms. The highest BCUT2D eigenvalue weighted by atomic mass is 16.3. The Morgan fingerprint density at radius 1 is 0.400 bits per heavy atom. The molecule has 0 amide bonds. The van der Waals surface area contributed by atoms with Crippen molar-refractivity contribution in [2.75, 3.05) is 0 Å². The molecule has 3 aromatic heterocycles. The van der Waals surface area contributed by atoms with E-state index in [9.17, 15) is 0 Å². The fourth-order valence-corrected chi connectivity index (χ4v) is 5.29. The van der Waals surface area contributed by atoms with Crippen molar-refractivity contribution < 1.29 is 8.83 Å². The lowest BCUT2D eigenvalue weighted by Crippen LogP contribution is -1.95. The molecule has 0 radical (unpaired) electrons. The molecule has 0 aliphatic heterocycles. The zero-order chi connectivity index (χ0) is 26.5. The van der Waals surface area contributed by atoms with E-state index in [1.165, 1.54) is 5.56 Å². The van der Waals surface area contributed by atoms with Crippen molar-refractivity contribution in [3.63, 3.8) is 0 Å².